The second-order valence-corrected chi connectivity index (χ2v) is 6.00. The second kappa shape index (κ2) is 9.54. The van der Waals surface area contributed by atoms with Gasteiger partial charge in [-0.1, -0.05) is 0 Å². The van der Waals surface area contributed by atoms with Crippen molar-refractivity contribution in [3.05, 3.63) is 0 Å². The molecule has 1 N–H and O–H groups in total. The summed E-state index contributed by atoms with van der Waals surface area (Å²) in [5.74, 6) is 1.49. The summed E-state index contributed by atoms with van der Waals surface area (Å²) in [4.78, 5) is 20.1. The number of carbonyl (C=O) groups excluding carboxylic acids is 1. The minimum Gasteiger partial charge on any atom is -0.378 e. The van der Waals surface area contributed by atoms with E-state index in [9.17, 15) is 4.79 Å². The molecule has 2 fully saturated rings. The third kappa shape index (κ3) is 5.26. The van der Waals surface area contributed by atoms with Crippen LogP contribution >= 0.6 is 24.0 Å². The molecular weight excluding hydrogens is 395 g/mol. The van der Waals surface area contributed by atoms with Gasteiger partial charge in [0.05, 0.1) is 6.10 Å². The number of amides is 1. The number of piperidine rings is 1. The number of nitrogens with zero attached hydrogens (tertiary/aromatic N) is 3. The van der Waals surface area contributed by atoms with Crippen LogP contribution in [0.5, 0.6) is 0 Å². The van der Waals surface area contributed by atoms with E-state index in [1.54, 1.807) is 19.0 Å². The van der Waals surface area contributed by atoms with Gasteiger partial charge in [-0.3, -0.25) is 4.79 Å². The van der Waals surface area contributed by atoms with Gasteiger partial charge in [-0.05, 0) is 26.2 Å². The van der Waals surface area contributed by atoms with Crippen LogP contribution in [0.25, 0.3) is 0 Å². The highest BCUT2D eigenvalue weighted by Crippen LogP contribution is 2.28. The molecule has 2 aliphatic rings. The highest BCUT2D eigenvalue weighted by molar-refractivity contribution is 14.0. The lowest BCUT2D eigenvalue weighted by atomic mass is 9.88. The molecule has 0 bridgehead atoms. The Balaban J connectivity index is 0.00000242. The molecule has 0 spiro atoms. The summed E-state index contributed by atoms with van der Waals surface area (Å²) in [7, 11) is 3.52. The molecule has 2 unspecified atom stereocenters. The SMILES string of the molecule is CCNC(=NCC(=O)N(C)C)N1CCC2OCCCC2C1.I. The van der Waals surface area contributed by atoms with Crippen LogP contribution in [0, 0.1) is 5.92 Å². The summed E-state index contributed by atoms with van der Waals surface area (Å²) >= 11 is 0. The number of nitrogens with one attached hydrogen (secondary N) is 1. The summed E-state index contributed by atoms with van der Waals surface area (Å²) in [6.45, 7) is 5.91. The summed E-state index contributed by atoms with van der Waals surface area (Å²) in [6.07, 6.45) is 3.86. The lowest BCUT2D eigenvalue weighted by molar-refractivity contribution is -0.127. The predicted octanol–water partition coefficient (Wildman–Crippen LogP) is 1.16. The first-order chi connectivity index (χ1) is 10.1. The summed E-state index contributed by atoms with van der Waals surface area (Å²) in [5.41, 5.74) is 0. The Bertz CT molecular complexity index is 390. The number of rotatable bonds is 3. The molecule has 2 atom stereocenters. The van der Waals surface area contributed by atoms with Crippen molar-refractivity contribution in [3.8, 4) is 0 Å². The standard InChI is InChI=1S/C15H28N4O2.HI/c1-4-16-15(17-10-14(20)18(2)3)19-8-7-13-12(11-19)6-5-9-21-13;/h12-13H,4-11H2,1-3H3,(H,16,17);1H. The minimum atomic E-state index is 0. The van der Waals surface area contributed by atoms with E-state index in [0.717, 1.165) is 45.0 Å². The Morgan fingerprint density at radius 3 is 2.86 bits per heavy atom. The minimum absolute atomic E-state index is 0. The van der Waals surface area contributed by atoms with Crippen molar-refractivity contribution in [3.63, 3.8) is 0 Å². The first-order valence-corrected chi connectivity index (χ1v) is 7.96. The Kier molecular flexibility index (Phi) is 8.45. The lowest BCUT2D eigenvalue weighted by Gasteiger charge is -2.42. The molecule has 7 heteroatoms. The normalized spacial score (nSPS) is 25.0. The van der Waals surface area contributed by atoms with E-state index in [-0.39, 0.29) is 36.4 Å². The molecule has 22 heavy (non-hydrogen) atoms. The van der Waals surface area contributed by atoms with E-state index in [4.69, 9.17) is 4.74 Å². The largest absolute Gasteiger partial charge is 0.378 e. The van der Waals surface area contributed by atoms with Crippen molar-refractivity contribution in [1.82, 2.24) is 15.1 Å². The van der Waals surface area contributed by atoms with E-state index in [2.05, 4.69) is 22.1 Å². The maximum absolute atomic E-state index is 11.7. The van der Waals surface area contributed by atoms with Crippen molar-refractivity contribution >= 4 is 35.8 Å². The monoisotopic (exact) mass is 424 g/mol. The van der Waals surface area contributed by atoms with Gasteiger partial charge in [0.1, 0.15) is 6.54 Å². The maximum Gasteiger partial charge on any atom is 0.243 e. The van der Waals surface area contributed by atoms with Crippen LogP contribution in [-0.2, 0) is 9.53 Å². The zero-order valence-electron chi connectivity index (χ0n) is 13.9. The number of hydrogen-bond acceptors (Lipinski definition) is 3. The molecule has 6 nitrogen and oxygen atoms in total. The Labute approximate surface area is 150 Å². The first kappa shape index (κ1) is 19.5. The van der Waals surface area contributed by atoms with Crippen LogP contribution in [0.15, 0.2) is 4.99 Å². The molecular formula is C15H29IN4O2. The van der Waals surface area contributed by atoms with Gasteiger partial charge in [-0.25, -0.2) is 4.99 Å². The highest BCUT2D eigenvalue weighted by atomic mass is 127. The van der Waals surface area contributed by atoms with Gasteiger partial charge < -0.3 is 19.9 Å². The fourth-order valence-electron chi connectivity index (χ4n) is 2.99. The van der Waals surface area contributed by atoms with E-state index in [1.807, 2.05) is 0 Å². The summed E-state index contributed by atoms with van der Waals surface area (Å²) in [5, 5.41) is 3.31. The number of halogens is 1. The van der Waals surface area contributed by atoms with Crippen molar-refractivity contribution in [2.45, 2.75) is 32.3 Å². The smallest absolute Gasteiger partial charge is 0.243 e. The molecule has 0 saturated carbocycles. The molecule has 0 aliphatic carbocycles. The number of fused-ring (bicyclic) bond motifs is 1. The number of ether oxygens (including phenoxy) is 1. The third-order valence-electron chi connectivity index (χ3n) is 4.21. The molecule has 2 heterocycles. The Morgan fingerprint density at radius 2 is 2.18 bits per heavy atom. The number of carbonyl (C=O) groups is 1. The number of aliphatic imine (C=N–C) groups is 1. The molecule has 0 aromatic rings. The third-order valence-corrected chi connectivity index (χ3v) is 4.21. The van der Waals surface area contributed by atoms with Crippen molar-refractivity contribution in [2.75, 3.05) is 46.9 Å². The molecule has 0 radical (unpaired) electrons. The van der Waals surface area contributed by atoms with Gasteiger partial charge in [0.15, 0.2) is 5.96 Å². The van der Waals surface area contributed by atoms with Crippen LogP contribution in [0.1, 0.15) is 26.2 Å². The topological polar surface area (TPSA) is 57.2 Å². The maximum atomic E-state index is 11.7. The summed E-state index contributed by atoms with van der Waals surface area (Å²) in [6, 6.07) is 0. The number of hydrogen-bond donors (Lipinski definition) is 1. The van der Waals surface area contributed by atoms with Crippen molar-refractivity contribution in [1.29, 1.82) is 0 Å². The van der Waals surface area contributed by atoms with Gasteiger partial charge in [0.25, 0.3) is 0 Å². The van der Waals surface area contributed by atoms with E-state index < -0.39 is 0 Å². The fourth-order valence-corrected chi connectivity index (χ4v) is 2.99. The van der Waals surface area contributed by atoms with Gasteiger partial charge in [-0.15, -0.1) is 24.0 Å². The average molecular weight is 424 g/mol. The zero-order valence-corrected chi connectivity index (χ0v) is 16.2. The molecule has 2 rings (SSSR count). The van der Waals surface area contributed by atoms with Gasteiger partial charge >= 0.3 is 0 Å². The van der Waals surface area contributed by atoms with Gasteiger partial charge in [0, 0.05) is 46.3 Å². The predicted molar refractivity (Wildman–Crippen MR) is 98.7 cm³/mol. The fraction of sp³-hybridized carbons (Fsp3) is 0.867. The van der Waals surface area contributed by atoms with Crippen molar-refractivity contribution < 1.29 is 9.53 Å². The van der Waals surface area contributed by atoms with Crippen LogP contribution < -0.4 is 5.32 Å². The van der Waals surface area contributed by atoms with Crippen molar-refractivity contribution in [2.24, 2.45) is 10.9 Å². The second-order valence-electron chi connectivity index (χ2n) is 6.00. The highest BCUT2D eigenvalue weighted by Gasteiger charge is 2.33. The Hall–Kier alpha value is -0.570. The van der Waals surface area contributed by atoms with Gasteiger partial charge in [-0.2, -0.15) is 0 Å². The number of likely N-dealkylation sites (tertiary alicyclic amines) is 1. The molecule has 1 amide bonds. The van der Waals surface area contributed by atoms with Crippen LogP contribution in [0.4, 0.5) is 0 Å². The first-order valence-electron chi connectivity index (χ1n) is 7.96. The van der Waals surface area contributed by atoms with Crippen LogP contribution in [-0.4, -0.2) is 74.7 Å². The average Bonchev–Trinajstić information content (AvgIpc) is 2.50. The van der Waals surface area contributed by atoms with Crippen LogP contribution in [0.3, 0.4) is 0 Å². The molecule has 128 valence electrons. The number of likely N-dealkylation sites (N-methyl/N-ethyl adjacent to an activating group) is 1. The van der Waals surface area contributed by atoms with E-state index >= 15 is 0 Å². The van der Waals surface area contributed by atoms with E-state index in [0.29, 0.717) is 12.0 Å². The zero-order chi connectivity index (χ0) is 15.2. The molecule has 2 saturated heterocycles. The number of guanidine groups is 1. The molecule has 0 aromatic carbocycles. The van der Waals surface area contributed by atoms with E-state index in [1.165, 1.54) is 6.42 Å². The molecule has 2 aliphatic heterocycles. The lowest BCUT2D eigenvalue weighted by Crippen LogP contribution is -2.52. The Morgan fingerprint density at radius 1 is 1.41 bits per heavy atom. The molecule has 0 aromatic heterocycles. The van der Waals surface area contributed by atoms with Gasteiger partial charge in [0.2, 0.25) is 5.91 Å². The summed E-state index contributed by atoms with van der Waals surface area (Å²) < 4.78 is 5.85. The van der Waals surface area contributed by atoms with Crippen LogP contribution in [0.2, 0.25) is 0 Å². The quantitative estimate of drug-likeness (QED) is 0.420.